The minimum atomic E-state index is -0.684. The average molecular weight is 466 g/mol. The van der Waals surface area contributed by atoms with Crippen molar-refractivity contribution in [3.05, 3.63) is 63.1 Å². The Morgan fingerprint density at radius 3 is 2.68 bits per heavy atom. The maximum Gasteiger partial charge on any atom is 0.318 e. The number of halogens is 3. The zero-order valence-electron chi connectivity index (χ0n) is 17.1. The molecular formula is C21H22Cl2FN5O2. The van der Waals surface area contributed by atoms with Gasteiger partial charge in [-0.2, -0.15) is 5.10 Å². The molecule has 0 saturated carbocycles. The second-order valence-corrected chi connectivity index (χ2v) is 8.21. The van der Waals surface area contributed by atoms with Crippen LogP contribution in [0.3, 0.4) is 0 Å². The van der Waals surface area contributed by atoms with Gasteiger partial charge in [-0.15, -0.1) is 0 Å². The maximum atomic E-state index is 13.7. The Bertz CT molecular complexity index is 1090. The quantitative estimate of drug-likeness (QED) is 0.654. The van der Waals surface area contributed by atoms with E-state index >= 15 is 0 Å². The van der Waals surface area contributed by atoms with E-state index in [-0.39, 0.29) is 24.7 Å². The highest BCUT2D eigenvalue weighted by Gasteiger charge is 2.29. The van der Waals surface area contributed by atoms with E-state index in [0.717, 1.165) is 5.57 Å². The zero-order chi connectivity index (χ0) is 22.7. The fourth-order valence-corrected chi connectivity index (χ4v) is 3.69. The summed E-state index contributed by atoms with van der Waals surface area (Å²) in [7, 11) is 0. The van der Waals surface area contributed by atoms with Crippen molar-refractivity contribution in [2.75, 3.05) is 13.1 Å². The van der Waals surface area contributed by atoms with Crippen molar-refractivity contribution < 1.29 is 14.0 Å². The molecule has 3 rings (SSSR count). The van der Waals surface area contributed by atoms with Gasteiger partial charge in [0.05, 0.1) is 24.3 Å². The van der Waals surface area contributed by atoms with Crippen LogP contribution in [-0.4, -0.2) is 39.7 Å². The lowest BCUT2D eigenvalue weighted by Gasteiger charge is -2.28. The molecule has 10 heteroatoms. The Hall–Kier alpha value is -2.84. The number of aromatic nitrogens is 2. The molecule has 0 unspecified atom stereocenters. The van der Waals surface area contributed by atoms with E-state index in [1.54, 1.807) is 35.6 Å². The summed E-state index contributed by atoms with van der Waals surface area (Å²) in [4.78, 5) is 26.4. The molecule has 2 heterocycles. The molecule has 0 radical (unpaired) electrons. The standard InChI is InChI=1S/C21H22Cl2FN5O2/c1-12(16(23)8-13(2)22)10-26-21(31)28-6-7-29-17(11-28)18(20(25)30)19(27-29)14-4-3-5-15(24)9-14/h3-5,8-9H,6-7,10-11H2,1-2H3,(H2,25,30)(H,26,31)/b13-8+,16-12-. The Kier molecular flexibility index (Phi) is 7.02. The van der Waals surface area contributed by atoms with E-state index in [1.165, 1.54) is 18.2 Å². The summed E-state index contributed by atoms with van der Waals surface area (Å²) in [6, 6.07) is 5.48. The van der Waals surface area contributed by atoms with Gasteiger partial charge in [0.15, 0.2) is 0 Å². The lowest BCUT2D eigenvalue weighted by Crippen LogP contribution is -2.45. The number of fused-ring (bicyclic) bond motifs is 1. The van der Waals surface area contributed by atoms with Gasteiger partial charge in [0.1, 0.15) is 11.5 Å². The van der Waals surface area contributed by atoms with Gasteiger partial charge in [-0.3, -0.25) is 9.48 Å². The summed E-state index contributed by atoms with van der Waals surface area (Å²) in [5, 5.41) is 8.25. The number of rotatable bonds is 5. The summed E-state index contributed by atoms with van der Waals surface area (Å²) < 4.78 is 15.3. The van der Waals surface area contributed by atoms with Crippen LogP contribution in [0.25, 0.3) is 11.3 Å². The van der Waals surface area contributed by atoms with Crippen LogP contribution in [0.15, 0.2) is 46.0 Å². The SMILES string of the molecule is C/C(CNC(=O)N1CCn2nc(-c3cccc(F)c3)c(C(N)=O)c2C1)=C(Cl)\C=C(/C)Cl. The van der Waals surface area contributed by atoms with Gasteiger partial charge in [-0.05, 0) is 37.6 Å². The number of nitrogens with two attached hydrogens (primary N) is 1. The van der Waals surface area contributed by atoms with E-state index in [0.29, 0.717) is 40.1 Å². The van der Waals surface area contributed by atoms with Crippen LogP contribution in [-0.2, 0) is 13.1 Å². The number of amides is 3. The fraction of sp³-hybridized carbons (Fsp3) is 0.286. The number of benzene rings is 1. The average Bonchev–Trinajstić information content (AvgIpc) is 3.10. The maximum absolute atomic E-state index is 13.7. The van der Waals surface area contributed by atoms with Gasteiger partial charge >= 0.3 is 6.03 Å². The molecule has 164 valence electrons. The molecule has 1 aromatic carbocycles. The van der Waals surface area contributed by atoms with E-state index in [1.807, 2.05) is 0 Å². The molecule has 2 aromatic rings. The molecule has 0 spiro atoms. The lowest BCUT2D eigenvalue weighted by atomic mass is 10.0. The van der Waals surface area contributed by atoms with Crippen molar-refractivity contribution in [1.29, 1.82) is 0 Å². The van der Waals surface area contributed by atoms with E-state index in [2.05, 4.69) is 10.4 Å². The summed E-state index contributed by atoms with van der Waals surface area (Å²) in [5.74, 6) is -1.13. The van der Waals surface area contributed by atoms with Crippen molar-refractivity contribution in [2.45, 2.75) is 26.9 Å². The molecule has 31 heavy (non-hydrogen) atoms. The summed E-state index contributed by atoms with van der Waals surface area (Å²) in [5.41, 5.74) is 7.81. The second-order valence-electron chi connectivity index (χ2n) is 7.21. The molecule has 1 aliphatic rings. The molecule has 0 aliphatic carbocycles. The molecule has 0 saturated heterocycles. The molecule has 7 nitrogen and oxygen atoms in total. The first-order valence-electron chi connectivity index (χ1n) is 9.54. The van der Waals surface area contributed by atoms with E-state index in [4.69, 9.17) is 28.9 Å². The summed E-state index contributed by atoms with van der Waals surface area (Å²) in [6.45, 7) is 4.65. The summed E-state index contributed by atoms with van der Waals surface area (Å²) >= 11 is 12.0. The largest absolute Gasteiger partial charge is 0.365 e. The van der Waals surface area contributed by atoms with Crippen molar-refractivity contribution in [1.82, 2.24) is 20.0 Å². The number of nitrogens with zero attached hydrogens (tertiary/aromatic N) is 3. The number of urea groups is 1. The number of hydrogen-bond donors (Lipinski definition) is 2. The highest BCUT2D eigenvalue weighted by Crippen LogP contribution is 2.28. The van der Waals surface area contributed by atoms with Gasteiger partial charge in [0, 0.05) is 28.7 Å². The molecule has 1 aliphatic heterocycles. The first-order valence-corrected chi connectivity index (χ1v) is 10.3. The van der Waals surface area contributed by atoms with E-state index < -0.39 is 11.7 Å². The molecule has 1 aromatic heterocycles. The Morgan fingerprint density at radius 2 is 2.03 bits per heavy atom. The number of carbonyl (C=O) groups is 2. The Balaban J connectivity index is 1.81. The van der Waals surface area contributed by atoms with Gasteiger partial charge in [-0.1, -0.05) is 35.3 Å². The van der Waals surface area contributed by atoms with Crippen LogP contribution in [0.2, 0.25) is 0 Å². The van der Waals surface area contributed by atoms with Crippen LogP contribution in [0.5, 0.6) is 0 Å². The van der Waals surface area contributed by atoms with Crippen molar-refractivity contribution >= 4 is 35.1 Å². The highest BCUT2D eigenvalue weighted by atomic mass is 35.5. The van der Waals surface area contributed by atoms with Crippen molar-refractivity contribution in [2.24, 2.45) is 5.73 Å². The second kappa shape index (κ2) is 9.53. The van der Waals surface area contributed by atoms with Crippen molar-refractivity contribution in [3.63, 3.8) is 0 Å². The van der Waals surface area contributed by atoms with Crippen LogP contribution in [0.4, 0.5) is 9.18 Å². The first kappa shape index (κ1) is 22.8. The van der Waals surface area contributed by atoms with Gasteiger partial charge in [0.2, 0.25) is 0 Å². The number of nitrogens with one attached hydrogen (secondary N) is 1. The monoisotopic (exact) mass is 465 g/mol. The topological polar surface area (TPSA) is 93.2 Å². The molecule has 0 fully saturated rings. The third kappa shape index (κ3) is 5.26. The summed E-state index contributed by atoms with van der Waals surface area (Å²) in [6.07, 6.45) is 1.61. The van der Waals surface area contributed by atoms with Crippen molar-refractivity contribution in [3.8, 4) is 11.3 Å². The third-order valence-corrected chi connectivity index (χ3v) is 5.39. The van der Waals surface area contributed by atoms with Gasteiger partial charge in [-0.25, -0.2) is 9.18 Å². The predicted octanol–water partition coefficient (Wildman–Crippen LogP) is 3.97. The van der Waals surface area contributed by atoms with E-state index in [9.17, 15) is 14.0 Å². The Labute approximate surface area is 189 Å². The Morgan fingerprint density at radius 1 is 1.29 bits per heavy atom. The molecule has 3 amide bonds. The molecule has 3 N–H and O–H groups in total. The molecular weight excluding hydrogens is 444 g/mol. The lowest BCUT2D eigenvalue weighted by molar-refractivity contribution is 0.0997. The minimum absolute atomic E-state index is 0.142. The first-order chi connectivity index (χ1) is 14.7. The van der Waals surface area contributed by atoms with Gasteiger partial charge < -0.3 is 16.0 Å². The van der Waals surface area contributed by atoms with Gasteiger partial charge in [0.25, 0.3) is 5.91 Å². The van der Waals surface area contributed by atoms with Crippen LogP contribution in [0, 0.1) is 5.82 Å². The molecule has 0 atom stereocenters. The number of carbonyl (C=O) groups excluding carboxylic acids is 2. The van der Waals surface area contributed by atoms with Crippen LogP contribution >= 0.6 is 23.2 Å². The highest BCUT2D eigenvalue weighted by molar-refractivity contribution is 6.34. The number of primary amides is 1. The predicted molar refractivity (Wildman–Crippen MR) is 118 cm³/mol. The smallest absolute Gasteiger partial charge is 0.318 e. The zero-order valence-corrected chi connectivity index (χ0v) is 18.6. The third-order valence-electron chi connectivity index (χ3n) is 4.85. The molecule has 0 bridgehead atoms. The van der Waals surface area contributed by atoms with Crippen LogP contribution < -0.4 is 11.1 Å². The number of allylic oxidation sites excluding steroid dienone is 3. The fourth-order valence-electron chi connectivity index (χ4n) is 3.29. The normalized spacial score (nSPS) is 14.7. The van der Waals surface area contributed by atoms with Crippen LogP contribution in [0.1, 0.15) is 29.9 Å². The number of hydrogen-bond acceptors (Lipinski definition) is 3. The minimum Gasteiger partial charge on any atom is -0.365 e.